The van der Waals surface area contributed by atoms with Crippen LogP contribution in [0.5, 0.6) is 0 Å². The highest BCUT2D eigenvalue weighted by Crippen LogP contribution is 2.22. The second-order valence-electron chi connectivity index (χ2n) is 6.55. The molecule has 3 aromatic rings. The van der Waals surface area contributed by atoms with Crippen molar-refractivity contribution in [2.24, 2.45) is 0 Å². The van der Waals surface area contributed by atoms with Gasteiger partial charge in [-0.2, -0.15) is 4.31 Å². The molecule has 0 aliphatic heterocycles. The standard InChI is InChI=1S/C22H23N3O4S2/c1-3-25(4-2)31(28,29)17-10-7-9-16(15-17)23-21(26)18-11-5-6-12-19(18)24-22(27)20-13-8-14-30-20/h5-15H,3-4H2,1-2H3,(H,23,26)(H,24,27). The first kappa shape index (κ1) is 22.7. The summed E-state index contributed by atoms with van der Waals surface area (Å²) < 4.78 is 26.9. The maximum Gasteiger partial charge on any atom is 0.265 e. The molecule has 31 heavy (non-hydrogen) atoms. The summed E-state index contributed by atoms with van der Waals surface area (Å²) in [7, 11) is -3.65. The predicted octanol–water partition coefficient (Wildman–Crippen LogP) is 4.28. The maximum absolute atomic E-state index is 12.9. The Morgan fingerprint density at radius 3 is 2.32 bits per heavy atom. The molecule has 1 aromatic heterocycles. The summed E-state index contributed by atoms with van der Waals surface area (Å²) in [4.78, 5) is 25.9. The van der Waals surface area contributed by atoms with Crippen LogP contribution in [0.4, 0.5) is 11.4 Å². The van der Waals surface area contributed by atoms with Crippen LogP contribution in [0.2, 0.25) is 0 Å². The van der Waals surface area contributed by atoms with E-state index in [-0.39, 0.29) is 16.4 Å². The maximum atomic E-state index is 12.9. The molecule has 9 heteroatoms. The molecular weight excluding hydrogens is 434 g/mol. The van der Waals surface area contributed by atoms with Crippen molar-refractivity contribution in [3.63, 3.8) is 0 Å². The van der Waals surface area contributed by atoms with E-state index in [0.717, 1.165) is 0 Å². The molecule has 2 aromatic carbocycles. The van der Waals surface area contributed by atoms with Crippen LogP contribution < -0.4 is 10.6 Å². The fourth-order valence-corrected chi connectivity index (χ4v) is 5.15. The van der Waals surface area contributed by atoms with Crippen molar-refractivity contribution in [3.05, 3.63) is 76.5 Å². The molecule has 2 N–H and O–H groups in total. The third kappa shape index (κ3) is 5.19. The second kappa shape index (κ2) is 9.86. The number of sulfonamides is 1. The number of para-hydroxylation sites is 1. The Morgan fingerprint density at radius 1 is 0.903 bits per heavy atom. The molecule has 3 rings (SSSR count). The van der Waals surface area contributed by atoms with Crippen molar-refractivity contribution in [1.29, 1.82) is 0 Å². The molecular formula is C22H23N3O4S2. The van der Waals surface area contributed by atoms with Crippen LogP contribution in [0.3, 0.4) is 0 Å². The van der Waals surface area contributed by atoms with Gasteiger partial charge in [0.15, 0.2) is 0 Å². The van der Waals surface area contributed by atoms with E-state index in [1.807, 2.05) is 0 Å². The fourth-order valence-electron chi connectivity index (χ4n) is 3.03. The Morgan fingerprint density at radius 2 is 1.65 bits per heavy atom. The molecule has 2 amide bonds. The molecule has 0 saturated carbocycles. The zero-order valence-corrected chi connectivity index (χ0v) is 18.8. The third-order valence-electron chi connectivity index (χ3n) is 4.60. The van der Waals surface area contributed by atoms with E-state index in [1.54, 1.807) is 67.8 Å². The van der Waals surface area contributed by atoms with Gasteiger partial charge in [0.25, 0.3) is 11.8 Å². The first-order valence-electron chi connectivity index (χ1n) is 9.72. The van der Waals surface area contributed by atoms with Gasteiger partial charge < -0.3 is 10.6 Å². The monoisotopic (exact) mass is 457 g/mol. The van der Waals surface area contributed by atoms with E-state index in [4.69, 9.17) is 0 Å². The molecule has 0 bridgehead atoms. The van der Waals surface area contributed by atoms with Crippen molar-refractivity contribution < 1.29 is 18.0 Å². The number of thiophene rings is 1. The van der Waals surface area contributed by atoms with Gasteiger partial charge >= 0.3 is 0 Å². The van der Waals surface area contributed by atoms with Crippen molar-refractivity contribution in [1.82, 2.24) is 4.31 Å². The number of rotatable bonds is 8. The summed E-state index contributed by atoms with van der Waals surface area (Å²) in [6.45, 7) is 4.25. The number of carbonyl (C=O) groups excluding carboxylic acids is 2. The lowest BCUT2D eigenvalue weighted by atomic mass is 10.1. The minimum atomic E-state index is -3.65. The smallest absolute Gasteiger partial charge is 0.265 e. The molecule has 0 saturated heterocycles. The van der Waals surface area contributed by atoms with Crippen LogP contribution in [0.15, 0.2) is 70.9 Å². The SMILES string of the molecule is CCN(CC)S(=O)(=O)c1cccc(NC(=O)c2ccccc2NC(=O)c2cccs2)c1. The number of amides is 2. The summed E-state index contributed by atoms with van der Waals surface area (Å²) in [6, 6.07) is 16.2. The van der Waals surface area contributed by atoms with Crippen molar-refractivity contribution in [2.75, 3.05) is 23.7 Å². The van der Waals surface area contributed by atoms with Crippen molar-refractivity contribution >= 4 is 44.5 Å². The lowest BCUT2D eigenvalue weighted by molar-refractivity contribution is 0.102. The molecule has 0 aliphatic rings. The Kier molecular flexibility index (Phi) is 7.21. The lowest BCUT2D eigenvalue weighted by Gasteiger charge is -2.19. The Labute approximate surface area is 185 Å². The molecule has 0 unspecified atom stereocenters. The summed E-state index contributed by atoms with van der Waals surface area (Å²) >= 11 is 1.30. The van der Waals surface area contributed by atoms with Gasteiger partial charge in [-0.05, 0) is 41.8 Å². The summed E-state index contributed by atoms with van der Waals surface area (Å²) in [5, 5.41) is 7.28. The number of hydrogen-bond donors (Lipinski definition) is 2. The van der Waals surface area contributed by atoms with Crippen LogP contribution in [-0.2, 0) is 10.0 Å². The summed E-state index contributed by atoms with van der Waals surface area (Å²) in [5.41, 5.74) is 0.979. The van der Waals surface area contributed by atoms with Crippen molar-refractivity contribution in [2.45, 2.75) is 18.7 Å². The minimum absolute atomic E-state index is 0.105. The largest absolute Gasteiger partial charge is 0.322 e. The Balaban J connectivity index is 1.82. The van der Waals surface area contributed by atoms with Crippen LogP contribution in [0.1, 0.15) is 33.9 Å². The van der Waals surface area contributed by atoms with Crippen LogP contribution in [0.25, 0.3) is 0 Å². The van der Waals surface area contributed by atoms with Gasteiger partial charge in [0.2, 0.25) is 10.0 Å². The molecule has 162 valence electrons. The van der Waals surface area contributed by atoms with Crippen LogP contribution in [0, 0.1) is 0 Å². The molecule has 0 spiro atoms. The highest BCUT2D eigenvalue weighted by atomic mass is 32.2. The molecule has 0 radical (unpaired) electrons. The summed E-state index contributed by atoms with van der Waals surface area (Å²) in [6.07, 6.45) is 0. The average Bonchev–Trinajstić information content (AvgIpc) is 3.30. The second-order valence-corrected chi connectivity index (χ2v) is 9.43. The number of nitrogens with zero attached hydrogens (tertiary/aromatic N) is 1. The quantitative estimate of drug-likeness (QED) is 0.528. The average molecular weight is 458 g/mol. The van der Waals surface area contributed by atoms with E-state index in [9.17, 15) is 18.0 Å². The number of benzene rings is 2. The highest BCUT2D eigenvalue weighted by Gasteiger charge is 2.22. The molecule has 0 fully saturated rings. The van der Waals surface area contributed by atoms with Crippen molar-refractivity contribution in [3.8, 4) is 0 Å². The van der Waals surface area contributed by atoms with Gasteiger partial charge in [0, 0.05) is 18.8 Å². The zero-order valence-electron chi connectivity index (χ0n) is 17.2. The Bertz CT molecular complexity index is 1170. The molecule has 7 nitrogen and oxygen atoms in total. The van der Waals surface area contributed by atoms with E-state index in [1.165, 1.54) is 27.8 Å². The first-order chi connectivity index (χ1) is 14.9. The van der Waals surface area contributed by atoms with E-state index < -0.39 is 15.9 Å². The highest BCUT2D eigenvalue weighted by molar-refractivity contribution is 7.89. The van der Waals surface area contributed by atoms with E-state index in [0.29, 0.717) is 29.3 Å². The lowest BCUT2D eigenvalue weighted by Crippen LogP contribution is -2.30. The summed E-state index contributed by atoms with van der Waals surface area (Å²) in [5.74, 6) is -0.762. The first-order valence-corrected chi connectivity index (χ1v) is 12.0. The fraction of sp³-hybridized carbons (Fsp3) is 0.182. The number of hydrogen-bond acceptors (Lipinski definition) is 5. The zero-order chi connectivity index (χ0) is 22.4. The van der Waals surface area contributed by atoms with Crippen LogP contribution >= 0.6 is 11.3 Å². The topological polar surface area (TPSA) is 95.6 Å². The van der Waals surface area contributed by atoms with E-state index in [2.05, 4.69) is 10.6 Å². The minimum Gasteiger partial charge on any atom is -0.322 e. The molecule has 0 atom stereocenters. The van der Waals surface area contributed by atoms with E-state index >= 15 is 0 Å². The third-order valence-corrected chi connectivity index (χ3v) is 7.51. The number of nitrogens with one attached hydrogen (secondary N) is 2. The molecule has 1 heterocycles. The number of anilines is 2. The van der Waals surface area contributed by atoms with Gasteiger partial charge in [-0.3, -0.25) is 9.59 Å². The normalized spacial score (nSPS) is 11.3. The number of carbonyl (C=O) groups is 2. The van der Waals surface area contributed by atoms with Gasteiger partial charge in [0.1, 0.15) is 0 Å². The Hall–Kier alpha value is -3.01. The van der Waals surface area contributed by atoms with Crippen LogP contribution in [-0.4, -0.2) is 37.6 Å². The predicted molar refractivity (Wildman–Crippen MR) is 123 cm³/mol. The van der Waals surface area contributed by atoms with Gasteiger partial charge in [-0.1, -0.05) is 38.1 Å². The van der Waals surface area contributed by atoms with Gasteiger partial charge in [-0.25, -0.2) is 8.42 Å². The van der Waals surface area contributed by atoms with Gasteiger partial charge in [-0.15, -0.1) is 11.3 Å². The molecule has 0 aliphatic carbocycles. The van der Waals surface area contributed by atoms with Gasteiger partial charge in [0.05, 0.1) is 21.0 Å².